The van der Waals surface area contributed by atoms with Crippen LogP contribution < -0.4 is 5.46 Å². The highest BCUT2D eigenvalue weighted by molar-refractivity contribution is 6.60. The van der Waals surface area contributed by atoms with Crippen molar-refractivity contribution in [3.63, 3.8) is 0 Å². The van der Waals surface area contributed by atoms with Gasteiger partial charge in [0.25, 0.3) is 0 Å². The van der Waals surface area contributed by atoms with Crippen molar-refractivity contribution in [1.82, 2.24) is 4.57 Å². The zero-order valence-electron chi connectivity index (χ0n) is 18.5. The Morgan fingerprint density at radius 3 is 1.74 bits per heavy atom. The summed E-state index contributed by atoms with van der Waals surface area (Å²) in [7, 11) is -1.53. The van der Waals surface area contributed by atoms with Crippen molar-refractivity contribution in [3.05, 3.63) is 121 Å². The van der Waals surface area contributed by atoms with Crippen molar-refractivity contribution in [2.75, 3.05) is 0 Å². The summed E-state index contributed by atoms with van der Waals surface area (Å²) in [5, 5.41) is 22.1. The van der Waals surface area contributed by atoms with E-state index in [1.54, 1.807) is 6.07 Å². The number of hydrogen-bond acceptors (Lipinski definition) is 2. The van der Waals surface area contributed by atoms with E-state index in [0.29, 0.717) is 5.46 Å². The SMILES string of the molecule is OB(O)c1ccccc1-c1ccc2c(c1)c1cc(-c3ccccc3)ccc1n2-c1ccccc1. The van der Waals surface area contributed by atoms with Crippen LogP contribution >= 0.6 is 0 Å². The van der Waals surface area contributed by atoms with E-state index in [2.05, 4.69) is 89.5 Å². The van der Waals surface area contributed by atoms with Gasteiger partial charge < -0.3 is 14.6 Å². The second-order valence-corrected chi connectivity index (χ2v) is 8.46. The minimum atomic E-state index is -1.53. The van der Waals surface area contributed by atoms with Crippen LogP contribution in [0, 0.1) is 0 Å². The molecule has 0 fully saturated rings. The highest BCUT2D eigenvalue weighted by atomic mass is 16.4. The first-order valence-corrected chi connectivity index (χ1v) is 11.4. The molecular weight excluding hydrogens is 417 g/mol. The van der Waals surface area contributed by atoms with Crippen LogP contribution in [0.2, 0.25) is 0 Å². The highest BCUT2D eigenvalue weighted by Crippen LogP contribution is 2.36. The Bertz CT molecular complexity index is 1620. The molecule has 0 aliphatic rings. The molecule has 0 aliphatic carbocycles. The molecule has 6 rings (SSSR count). The number of fused-ring (bicyclic) bond motifs is 3. The van der Waals surface area contributed by atoms with Gasteiger partial charge in [0.05, 0.1) is 11.0 Å². The van der Waals surface area contributed by atoms with Gasteiger partial charge >= 0.3 is 7.12 Å². The molecule has 1 heterocycles. The number of rotatable bonds is 4. The van der Waals surface area contributed by atoms with E-state index in [-0.39, 0.29) is 0 Å². The lowest BCUT2D eigenvalue weighted by Gasteiger charge is -2.10. The van der Waals surface area contributed by atoms with Crippen molar-refractivity contribution in [3.8, 4) is 27.9 Å². The van der Waals surface area contributed by atoms with Gasteiger partial charge in [-0.15, -0.1) is 0 Å². The first-order valence-electron chi connectivity index (χ1n) is 11.4. The third kappa shape index (κ3) is 3.41. The summed E-state index contributed by atoms with van der Waals surface area (Å²) in [6.07, 6.45) is 0. The summed E-state index contributed by atoms with van der Waals surface area (Å²) in [5.41, 5.74) is 7.96. The fraction of sp³-hybridized carbons (Fsp3) is 0. The Hall–Kier alpha value is -4.12. The summed E-state index contributed by atoms with van der Waals surface area (Å²) in [5.74, 6) is 0. The van der Waals surface area contributed by atoms with Gasteiger partial charge in [-0.1, -0.05) is 84.9 Å². The lowest BCUT2D eigenvalue weighted by Crippen LogP contribution is -2.31. The largest absolute Gasteiger partial charge is 0.489 e. The van der Waals surface area contributed by atoms with Crippen LogP contribution in [-0.2, 0) is 0 Å². The molecule has 5 aromatic carbocycles. The van der Waals surface area contributed by atoms with E-state index >= 15 is 0 Å². The predicted molar refractivity (Wildman–Crippen MR) is 141 cm³/mol. The molecule has 0 atom stereocenters. The van der Waals surface area contributed by atoms with Crippen LogP contribution in [0.5, 0.6) is 0 Å². The minimum absolute atomic E-state index is 0.499. The zero-order valence-corrected chi connectivity index (χ0v) is 18.5. The zero-order chi connectivity index (χ0) is 23.1. The third-order valence-electron chi connectivity index (χ3n) is 6.44. The molecule has 0 spiro atoms. The normalized spacial score (nSPS) is 11.2. The van der Waals surface area contributed by atoms with Gasteiger partial charge in [-0.2, -0.15) is 0 Å². The molecule has 0 radical (unpaired) electrons. The Morgan fingerprint density at radius 1 is 0.500 bits per heavy atom. The maximum atomic E-state index is 9.92. The van der Waals surface area contributed by atoms with Crippen LogP contribution in [0.25, 0.3) is 49.7 Å². The summed E-state index contributed by atoms with van der Waals surface area (Å²) >= 11 is 0. The van der Waals surface area contributed by atoms with Crippen molar-refractivity contribution in [2.24, 2.45) is 0 Å². The summed E-state index contributed by atoms with van der Waals surface area (Å²) in [6, 6.07) is 41.2. The molecule has 0 saturated heterocycles. The molecule has 4 heteroatoms. The highest BCUT2D eigenvalue weighted by Gasteiger charge is 2.18. The molecule has 34 heavy (non-hydrogen) atoms. The molecule has 6 aromatic rings. The molecule has 2 N–H and O–H groups in total. The predicted octanol–water partition coefficient (Wildman–Crippen LogP) is 5.80. The lowest BCUT2D eigenvalue weighted by atomic mass is 9.75. The number of aromatic nitrogens is 1. The van der Waals surface area contributed by atoms with Crippen molar-refractivity contribution in [2.45, 2.75) is 0 Å². The van der Waals surface area contributed by atoms with Crippen LogP contribution in [0.1, 0.15) is 0 Å². The van der Waals surface area contributed by atoms with Gasteiger partial charge in [0, 0.05) is 16.5 Å². The summed E-state index contributed by atoms with van der Waals surface area (Å²) in [4.78, 5) is 0. The smallest absolute Gasteiger partial charge is 0.423 e. The maximum absolute atomic E-state index is 9.92. The van der Waals surface area contributed by atoms with Gasteiger partial charge in [-0.25, -0.2) is 0 Å². The van der Waals surface area contributed by atoms with E-state index in [1.165, 1.54) is 5.56 Å². The van der Waals surface area contributed by atoms with Crippen LogP contribution in [0.3, 0.4) is 0 Å². The topological polar surface area (TPSA) is 45.4 Å². The number of hydrogen-bond donors (Lipinski definition) is 2. The fourth-order valence-electron chi connectivity index (χ4n) is 4.84. The molecule has 0 bridgehead atoms. The summed E-state index contributed by atoms with van der Waals surface area (Å²) in [6.45, 7) is 0. The second-order valence-electron chi connectivity index (χ2n) is 8.46. The second kappa shape index (κ2) is 8.34. The number of benzene rings is 5. The van der Waals surface area contributed by atoms with E-state index < -0.39 is 7.12 Å². The molecule has 0 saturated carbocycles. The van der Waals surface area contributed by atoms with Gasteiger partial charge in [-0.3, -0.25) is 0 Å². The van der Waals surface area contributed by atoms with Gasteiger partial charge in [-0.05, 0) is 64.1 Å². The average molecular weight is 439 g/mol. The molecule has 0 amide bonds. The van der Waals surface area contributed by atoms with Crippen molar-refractivity contribution < 1.29 is 10.0 Å². The Labute approximate surface area is 198 Å². The van der Waals surface area contributed by atoms with E-state index in [4.69, 9.17) is 0 Å². The molecule has 3 nitrogen and oxygen atoms in total. The Balaban J connectivity index is 1.66. The van der Waals surface area contributed by atoms with E-state index in [0.717, 1.165) is 44.2 Å². The average Bonchev–Trinajstić information content (AvgIpc) is 3.22. The molecular formula is C30H22BNO2. The molecule has 162 valence electrons. The molecule has 0 aliphatic heterocycles. The Kier molecular flexibility index (Phi) is 5.03. The van der Waals surface area contributed by atoms with Gasteiger partial charge in [0.15, 0.2) is 0 Å². The minimum Gasteiger partial charge on any atom is -0.423 e. The first kappa shape index (κ1) is 20.5. The fourth-order valence-corrected chi connectivity index (χ4v) is 4.84. The maximum Gasteiger partial charge on any atom is 0.489 e. The monoisotopic (exact) mass is 439 g/mol. The van der Waals surface area contributed by atoms with E-state index in [9.17, 15) is 10.0 Å². The quantitative estimate of drug-likeness (QED) is 0.341. The van der Waals surface area contributed by atoms with Crippen molar-refractivity contribution >= 4 is 34.4 Å². The Morgan fingerprint density at radius 2 is 1.06 bits per heavy atom. The standard InChI is InChI=1S/C30H22BNO2/c33-31(34)28-14-8-7-13-25(28)23-16-18-30-27(20-23)26-19-22(21-9-3-1-4-10-21)15-17-29(26)32(30)24-11-5-2-6-12-24/h1-20,33-34H. The number of para-hydroxylation sites is 1. The summed E-state index contributed by atoms with van der Waals surface area (Å²) < 4.78 is 2.29. The van der Waals surface area contributed by atoms with E-state index in [1.807, 2.05) is 30.3 Å². The first-order chi connectivity index (χ1) is 16.7. The lowest BCUT2D eigenvalue weighted by molar-refractivity contribution is 0.426. The van der Waals surface area contributed by atoms with Gasteiger partial charge in [0.1, 0.15) is 0 Å². The van der Waals surface area contributed by atoms with Crippen molar-refractivity contribution in [1.29, 1.82) is 0 Å². The molecule has 0 unspecified atom stereocenters. The van der Waals surface area contributed by atoms with Crippen LogP contribution in [-0.4, -0.2) is 21.7 Å². The van der Waals surface area contributed by atoms with Crippen LogP contribution in [0.4, 0.5) is 0 Å². The third-order valence-corrected chi connectivity index (χ3v) is 6.44. The van der Waals surface area contributed by atoms with Gasteiger partial charge in [0.2, 0.25) is 0 Å². The number of nitrogens with zero attached hydrogens (tertiary/aromatic N) is 1. The van der Waals surface area contributed by atoms with Crippen LogP contribution in [0.15, 0.2) is 121 Å². The molecule has 1 aromatic heterocycles.